The maximum Gasteiger partial charge on any atom is 0.137 e. The summed E-state index contributed by atoms with van der Waals surface area (Å²) in [4.78, 5) is 10.0. The molecule has 152 valence electrons. The van der Waals surface area contributed by atoms with Crippen LogP contribution in [0.5, 0.6) is 0 Å². The highest BCUT2D eigenvalue weighted by atomic mass is 16.3. The molecule has 0 saturated carbocycles. The maximum atomic E-state index is 9.87. The molecule has 4 nitrogen and oxygen atoms in total. The fourth-order valence-electron chi connectivity index (χ4n) is 4.08. The Morgan fingerprint density at radius 1 is 0.966 bits per heavy atom. The van der Waals surface area contributed by atoms with Crippen LogP contribution in [0, 0.1) is 0 Å². The van der Waals surface area contributed by atoms with Crippen LogP contribution >= 0.6 is 0 Å². The smallest absolute Gasteiger partial charge is 0.137 e. The number of anilines is 1. The van der Waals surface area contributed by atoms with Gasteiger partial charge in [-0.25, -0.2) is 4.98 Å². The predicted molar refractivity (Wildman–Crippen MR) is 122 cm³/mol. The Morgan fingerprint density at radius 2 is 1.66 bits per heavy atom. The summed E-state index contributed by atoms with van der Waals surface area (Å²) in [5.41, 5.74) is 3.28. The molecule has 1 saturated heterocycles. The third-order valence-electron chi connectivity index (χ3n) is 6.30. The van der Waals surface area contributed by atoms with Gasteiger partial charge in [0.15, 0.2) is 0 Å². The first kappa shape index (κ1) is 19.9. The monoisotopic (exact) mass is 389 g/mol. The highest BCUT2D eigenvalue weighted by Gasteiger charge is 2.20. The quantitative estimate of drug-likeness (QED) is 0.696. The molecule has 1 aromatic heterocycles. The molecule has 2 aromatic carbocycles. The zero-order valence-corrected chi connectivity index (χ0v) is 17.7. The van der Waals surface area contributed by atoms with Gasteiger partial charge < -0.3 is 14.9 Å². The van der Waals surface area contributed by atoms with E-state index >= 15 is 0 Å². The fourth-order valence-corrected chi connectivity index (χ4v) is 4.08. The highest BCUT2D eigenvalue weighted by molar-refractivity contribution is 5.95. The first-order chi connectivity index (χ1) is 14.1. The van der Waals surface area contributed by atoms with Crippen molar-refractivity contribution in [1.82, 2.24) is 9.88 Å². The summed E-state index contributed by atoms with van der Waals surface area (Å²) < 4.78 is 0. The van der Waals surface area contributed by atoms with Crippen LogP contribution in [0.1, 0.15) is 32.3 Å². The van der Waals surface area contributed by atoms with E-state index in [4.69, 9.17) is 4.98 Å². The van der Waals surface area contributed by atoms with Crippen molar-refractivity contribution in [2.24, 2.45) is 0 Å². The van der Waals surface area contributed by atoms with Crippen LogP contribution in [0.15, 0.2) is 54.6 Å². The molecule has 3 aromatic rings. The molecule has 0 amide bonds. The second kappa shape index (κ2) is 8.52. The van der Waals surface area contributed by atoms with Crippen LogP contribution in [0.25, 0.3) is 22.0 Å². The van der Waals surface area contributed by atoms with Gasteiger partial charge >= 0.3 is 0 Å². The Kier molecular flexibility index (Phi) is 5.84. The van der Waals surface area contributed by atoms with Crippen molar-refractivity contribution in [3.63, 3.8) is 0 Å². The van der Waals surface area contributed by atoms with Crippen LogP contribution in [-0.4, -0.2) is 53.8 Å². The molecule has 4 rings (SSSR count). The number of benzene rings is 2. The Morgan fingerprint density at radius 3 is 2.31 bits per heavy atom. The fraction of sp³-hybridized carbons (Fsp3) is 0.400. The summed E-state index contributed by atoms with van der Waals surface area (Å²) in [6.07, 6.45) is -0.354. The zero-order valence-electron chi connectivity index (χ0n) is 17.7. The molecule has 29 heavy (non-hydrogen) atoms. The second-order valence-corrected chi connectivity index (χ2v) is 8.12. The van der Waals surface area contributed by atoms with Crippen molar-refractivity contribution in [2.75, 3.05) is 37.6 Å². The summed E-state index contributed by atoms with van der Waals surface area (Å²) in [6, 6.07) is 19.2. The number of hydrogen-bond acceptors (Lipinski definition) is 4. The molecule has 0 aliphatic carbocycles. The van der Waals surface area contributed by atoms with Gasteiger partial charge in [-0.05, 0) is 30.5 Å². The van der Waals surface area contributed by atoms with Crippen LogP contribution in [-0.2, 0) is 0 Å². The largest absolute Gasteiger partial charge is 0.393 e. The third kappa shape index (κ3) is 4.14. The number of likely N-dealkylation sites (N-methyl/N-ethyl adjacent to an activating group) is 1. The summed E-state index contributed by atoms with van der Waals surface area (Å²) in [5.74, 6) is 1.22. The van der Waals surface area contributed by atoms with Gasteiger partial charge in [0.25, 0.3) is 0 Å². The van der Waals surface area contributed by atoms with Crippen LogP contribution < -0.4 is 4.90 Å². The Labute approximate surface area is 173 Å². The average molecular weight is 390 g/mol. The van der Waals surface area contributed by atoms with Crippen molar-refractivity contribution in [2.45, 2.75) is 32.8 Å². The van der Waals surface area contributed by atoms with E-state index in [1.165, 1.54) is 10.8 Å². The number of pyridine rings is 1. The molecular weight excluding hydrogens is 358 g/mol. The van der Waals surface area contributed by atoms with E-state index in [0.29, 0.717) is 0 Å². The number of hydrogen-bond donors (Lipinski definition) is 1. The molecular formula is C25H31N3O. The Balaban J connectivity index is 1.71. The van der Waals surface area contributed by atoms with Gasteiger partial charge in [0.2, 0.25) is 0 Å². The van der Waals surface area contributed by atoms with Crippen molar-refractivity contribution >= 4 is 16.6 Å². The lowest BCUT2D eigenvalue weighted by Gasteiger charge is -2.35. The van der Waals surface area contributed by atoms with Crippen LogP contribution in [0.2, 0.25) is 0 Å². The zero-order chi connectivity index (χ0) is 20.4. The van der Waals surface area contributed by atoms with E-state index in [0.717, 1.165) is 55.4 Å². The maximum absolute atomic E-state index is 9.87. The molecule has 2 atom stereocenters. The van der Waals surface area contributed by atoms with Gasteiger partial charge in [-0.15, -0.1) is 0 Å². The van der Waals surface area contributed by atoms with Crippen LogP contribution in [0.4, 0.5) is 5.82 Å². The summed E-state index contributed by atoms with van der Waals surface area (Å²) in [7, 11) is 0. The third-order valence-corrected chi connectivity index (χ3v) is 6.30. The lowest BCUT2D eigenvalue weighted by atomic mass is 9.95. The van der Waals surface area contributed by atoms with Gasteiger partial charge in [0.1, 0.15) is 5.82 Å². The Hall–Kier alpha value is -2.43. The number of aromatic nitrogens is 1. The topological polar surface area (TPSA) is 39.6 Å². The molecule has 2 heterocycles. The molecule has 2 unspecified atom stereocenters. The minimum Gasteiger partial charge on any atom is -0.393 e. The van der Waals surface area contributed by atoms with Crippen molar-refractivity contribution in [3.05, 3.63) is 60.2 Å². The van der Waals surface area contributed by atoms with Gasteiger partial charge in [-0.2, -0.15) is 0 Å². The van der Waals surface area contributed by atoms with Crippen molar-refractivity contribution in [3.8, 4) is 11.3 Å². The number of piperazine rings is 1. The molecule has 4 heteroatoms. The lowest BCUT2D eigenvalue weighted by molar-refractivity contribution is 0.169. The van der Waals surface area contributed by atoms with Gasteiger partial charge in [-0.1, -0.05) is 62.4 Å². The summed E-state index contributed by atoms with van der Waals surface area (Å²) in [5, 5.41) is 12.3. The molecule has 1 aliphatic rings. The first-order valence-electron chi connectivity index (χ1n) is 10.7. The first-order valence-corrected chi connectivity index (χ1v) is 10.7. The van der Waals surface area contributed by atoms with E-state index in [9.17, 15) is 5.11 Å². The van der Waals surface area contributed by atoms with Crippen molar-refractivity contribution in [1.29, 1.82) is 0 Å². The molecule has 1 N–H and O–H groups in total. The van der Waals surface area contributed by atoms with E-state index in [2.05, 4.69) is 78.2 Å². The van der Waals surface area contributed by atoms with E-state index in [1.807, 2.05) is 6.92 Å². The average Bonchev–Trinajstić information content (AvgIpc) is 2.78. The lowest BCUT2D eigenvalue weighted by Crippen LogP contribution is -2.46. The second-order valence-electron chi connectivity index (χ2n) is 8.12. The minimum atomic E-state index is -0.354. The van der Waals surface area contributed by atoms with Crippen LogP contribution in [0.3, 0.4) is 0 Å². The SMILES string of the molecule is CCN1CCN(c2nc(-c3ccc(C(C)C(C)O)cc3)cc3ccccc23)CC1. The van der Waals surface area contributed by atoms with Gasteiger partial charge in [0.05, 0.1) is 11.8 Å². The molecule has 1 aliphatic heterocycles. The van der Waals surface area contributed by atoms with Gasteiger partial charge in [0, 0.05) is 43.0 Å². The molecule has 1 fully saturated rings. The molecule has 0 spiro atoms. The van der Waals surface area contributed by atoms with Crippen molar-refractivity contribution < 1.29 is 5.11 Å². The number of rotatable bonds is 5. The summed E-state index contributed by atoms with van der Waals surface area (Å²) in [6.45, 7) is 11.4. The number of nitrogens with zero attached hydrogens (tertiary/aromatic N) is 3. The number of fused-ring (bicyclic) bond motifs is 1. The highest BCUT2D eigenvalue weighted by Crippen LogP contribution is 2.31. The predicted octanol–water partition coefficient (Wildman–Crippen LogP) is 4.53. The minimum absolute atomic E-state index is 0.124. The number of aliphatic hydroxyl groups is 1. The van der Waals surface area contributed by atoms with E-state index in [1.54, 1.807) is 0 Å². The molecule has 0 radical (unpaired) electrons. The Bertz CT molecular complexity index is 959. The molecule has 0 bridgehead atoms. The number of aliphatic hydroxyl groups excluding tert-OH is 1. The standard InChI is InChI=1S/C25H31N3O/c1-4-27-13-15-28(16-14-27)25-23-8-6-5-7-22(23)17-24(26-25)21-11-9-20(10-12-21)18(2)19(3)29/h5-12,17-19,29H,4,13-16H2,1-3H3. The van der Waals surface area contributed by atoms with Gasteiger partial charge in [-0.3, -0.25) is 0 Å². The van der Waals surface area contributed by atoms with E-state index in [-0.39, 0.29) is 12.0 Å². The van der Waals surface area contributed by atoms with E-state index < -0.39 is 0 Å². The summed E-state index contributed by atoms with van der Waals surface area (Å²) >= 11 is 0. The normalized spacial score (nSPS) is 17.4.